The third-order valence-corrected chi connectivity index (χ3v) is 11.6. The topological polar surface area (TPSA) is 37.3 Å². The van der Waals surface area contributed by atoms with Crippen molar-refractivity contribution in [2.24, 2.45) is 58.2 Å². The van der Waals surface area contributed by atoms with Crippen LogP contribution < -0.4 is 0 Å². The van der Waals surface area contributed by atoms with Crippen molar-refractivity contribution in [3.05, 3.63) is 0 Å². The van der Waals surface area contributed by atoms with Gasteiger partial charge in [-0.1, -0.05) is 54.4 Å². The van der Waals surface area contributed by atoms with E-state index in [1.165, 1.54) is 51.4 Å². The Labute approximate surface area is 186 Å². The Morgan fingerprint density at radius 1 is 0.933 bits per heavy atom. The van der Waals surface area contributed by atoms with Gasteiger partial charge in [-0.25, -0.2) is 0 Å². The van der Waals surface area contributed by atoms with E-state index in [0.717, 1.165) is 41.9 Å². The van der Waals surface area contributed by atoms with Crippen molar-refractivity contribution in [1.82, 2.24) is 0 Å². The lowest BCUT2D eigenvalue weighted by molar-refractivity contribution is -0.171. The van der Waals surface area contributed by atoms with Crippen LogP contribution in [-0.2, 0) is 4.79 Å². The van der Waals surface area contributed by atoms with Gasteiger partial charge < -0.3 is 5.11 Å². The maximum Gasteiger partial charge on any atom is 0.135 e. The van der Waals surface area contributed by atoms with Crippen molar-refractivity contribution in [3.63, 3.8) is 0 Å². The van der Waals surface area contributed by atoms with E-state index in [2.05, 4.69) is 41.5 Å². The van der Waals surface area contributed by atoms with Crippen LogP contribution in [0.4, 0.5) is 0 Å². The lowest BCUT2D eigenvalue weighted by Crippen LogP contribution is -2.58. The summed E-state index contributed by atoms with van der Waals surface area (Å²) < 4.78 is 0. The first-order valence-corrected chi connectivity index (χ1v) is 13.3. The summed E-state index contributed by atoms with van der Waals surface area (Å²) in [5, 5.41) is 11.1. The Kier molecular flexibility index (Phi) is 6.23. The Bertz CT molecular complexity index is 641. The van der Waals surface area contributed by atoms with E-state index in [1.54, 1.807) is 0 Å². The van der Waals surface area contributed by atoms with Crippen LogP contribution in [0.15, 0.2) is 0 Å². The molecule has 2 heteroatoms. The van der Waals surface area contributed by atoms with Gasteiger partial charge in [0.05, 0.1) is 6.10 Å². The number of fused-ring (bicyclic) bond motifs is 5. The molecule has 30 heavy (non-hydrogen) atoms. The maximum atomic E-state index is 12.2. The van der Waals surface area contributed by atoms with Gasteiger partial charge in [-0.2, -0.15) is 0 Å². The third-order valence-electron chi connectivity index (χ3n) is 11.6. The van der Waals surface area contributed by atoms with Gasteiger partial charge in [0.15, 0.2) is 0 Å². The molecular weight excluding hydrogens is 368 g/mol. The third kappa shape index (κ3) is 3.52. The molecule has 4 aliphatic rings. The summed E-state index contributed by atoms with van der Waals surface area (Å²) in [4.78, 5) is 12.2. The summed E-state index contributed by atoms with van der Waals surface area (Å²) in [7, 11) is 0. The van der Waals surface area contributed by atoms with Gasteiger partial charge in [0.1, 0.15) is 5.78 Å². The lowest BCUT2D eigenvalue weighted by Gasteiger charge is -2.61. The fraction of sp³-hybridized carbons (Fsp3) is 0.964. The molecule has 0 aliphatic heterocycles. The molecule has 4 aliphatic carbocycles. The first-order chi connectivity index (χ1) is 14.1. The quantitative estimate of drug-likeness (QED) is 0.529. The number of Topliss-reactive ketones (excluding diaryl/α,β-unsaturated/α-hetero) is 1. The second-order valence-corrected chi connectivity index (χ2v) is 13.0. The van der Waals surface area contributed by atoms with E-state index >= 15 is 0 Å². The molecule has 0 saturated heterocycles. The predicted molar refractivity (Wildman–Crippen MR) is 124 cm³/mol. The van der Waals surface area contributed by atoms with Crippen LogP contribution in [0.2, 0.25) is 0 Å². The normalized spacial score (nSPS) is 48.1. The maximum absolute atomic E-state index is 12.2. The molecule has 0 amide bonds. The monoisotopic (exact) mass is 416 g/mol. The first kappa shape index (κ1) is 22.8. The van der Waals surface area contributed by atoms with Crippen LogP contribution in [0.5, 0.6) is 0 Å². The highest BCUT2D eigenvalue weighted by Crippen LogP contribution is 2.68. The van der Waals surface area contributed by atoms with E-state index in [4.69, 9.17) is 0 Å². The van der Waals surface area contributed by atoms with Crippen molar-refractivity contribution in [2.45, 2.75) is 112 Å². The van der Waals surface area contributed by atoms with Crippen molar-refractivity contribution in [3.8, 4) is 0 Å². The standard InChI is InChI=1S/C28H48O2/c1-17(2)18(3)7-8-19(4)23-11-12-24-22-10-9-20-15-21(29)16-26(30)28(20,6)25(22)13-14-27(23,24)5/h17-20,22-26,30H,7-16H2,1-6H3/t18-,19+,20+,22+,23+,24-,25-,26?,27+,28-/m0/s1. The largest absolute Gasteiger partial charge is 0.392 e. The zero-order chi connectivity index (χ0) is 21.8. The zero-order valence-corrected chi connectivity index (χ0v) is 20.6. The molecule has 0 aromatic rings. The van der Waals surface area contributed by atoms with E-state index in [1.807, 2.05) is 0 Å². The fourth-order valence-electron chi connectivity index (χ4n) is 9.14. The van der Waals surface area contributed by atoms with Gasteiger partial charge in [-0.15, -0.1) is 0 Å². The first-order valence-electron chi connectivity index (χ1n) is 13.3. The highest BCUT2D eigenvalue weighted by molar-refractivity contribution is 5.80. The molecule has 0 radical (unpaired) electrons. The molecule has 172 valence electrons. The second kappa shape index (κ2) is 8.20. The number of rotatable bonds is 5. The molecule has 2 nitrogen and oxygen atoms in total. The van der Waals surface area contributed by atoms with Gasteiger partial charge in [-0.05, 0) is 91.3 Å². The Hall–Kier alpha value is -0.370. The van der Waals surface area contributed by atoms with Gasteiger partial charge in [0.2, 0.25) is 0 Å². The van der Waals surface area contributed by atoms with Crippen LogP contribution in [0.3, 0.4) is 0 Å². The fourth-order valence-corrected chi connectivity index (χ4v) is 9.14. The number of aliphatic hydroxyl groups is 1. The van der Waals surface area contributed by atoms with Crippen molar-refractivity contribution in [1.29, 1.82) is 0 Å². The van der Waals surface area contributed by atoms with Crippen LogP contribution in [0, 0.1) is 58.2 Å². The van der Waals surface area contributed by atoms with Gasteiger partial charge in [0.25, 0.3) is 0 Å². The highest BCUT2D eigenvalue weighted by atomic mass is 16.3. The second-order valence-electron chi connectivity index (χ2n) is 13.0. The number of carbonyl (C=O) groups is 1. The number of aliphatic hydroxyl groups excluding tert-OH is 1. The molecule has 0 aromatic heterocycles. The molecule has 0 bridgehead atoms. The summed E-state index contributed by atoms with van der Waals surface area (Å²) in [5.74, 6) is 6.32. The Morgan fingerprint density at radius 2 is 1.67 bits per heavy atom. The molecule has 1 unspecified atom stereocenters. The van der Waals surface area contributed by atoms with E-state index in [9.17, 15) is 9.90 Å². The summed E-state index contributed by atoms with van der Waals surface area (Å²) in [6.07, 6.45) is 11.4. The molecule has 0 spiro atoms. The number of hydrogen-bond acceptors (Lipinski definition) is 2. The van der Waals surface area contributed by atoms with Crippen LogP contribution >= 0.6 is 0 Å². The number of ketones is 1. The van der Waals surface area contributed by atoms with E-state index in [-0.39, 0.29) is 5.41 Å². The minimum absolute atomic E-state index is 0.0193. The molecule has 1 N–H and O–H groups in total. The Morgan fingerprint density at radius 3 is 2.37 bits per heavy atom. The Balaban J connectivity index is 1.49. The smallest absolute Gasteiger partial charge is 0.135 e. The molecule has 4 fully saturated rings. The minimum atomic E-state index is -0.408. The van der Waals surface area contributed by atoms with Crippen molar-refractivity contribution in [2.75, 3.05) is 0 Å². The average Bonchev–Trinajstić information content (AvgIpc) is 3.04. The summed E-state index contributed by atoms with van der Waals surface area (Å²) in [5.41, 5.74) is 0.481. The van der Waals surface area contributed by atoms with Gasteiger partial charge in [0, 0.05) is 18.3 Å². The summed E-state index contributed by atoms with van der Waals surface area (Å²) >= 11 is 0. The van der Waals surface area contributed by atoms with Crippen LogP contribution in [0.25, 0.3) is 0 Å². The molecule has 0 heterocycles. The van der Waals surface area contributed by atoms with Crippen molar-refractivity contribution < 1.29 is 9.90 Å². The highest BCUT2D eigenvalue weighted by Gasteiger charge is 2.62. The lowest BCUT2D eigenvalue weighted by atomic mass is 9.44. The molecule has 4 saturated carbocycles. The summed E-state index contributed by atoms with van der Waals surface area (Å²) in [6, 6.07) is 0. The van der Waals surface area contributed by atoms with Crippen molar-refractivity contribution >= 4 is 5.78 Å². The molecule has 10 atom stereocenters. The van der Waals surface area contributed by atoms with Gasteiger partial charge >= 0.3 is 0 Å². The molecule has 0 aromatic carbocycles. The van der Waals surface area contributed by atoms with Crippen LogP contribution in [0.1, 0.15) is 106 Å². The van der Waals surface area contributed by atoms with E-state index < -0.39 is 6.10 Å². The molecule has 4 rings (SSSR count). The summed E-state index contributed by atoms with van der Waals surface area (Å²) in [6.45, 7) is 14.7. The van der Waals surface area contributed by atoms with Gasteiger partial charge in [-0.3, -0.25) is 4.79 Å². The average molecular weight is 417 g/mol. The van der Waals surface area contributed by atoms with Crippen LogP contribution in [-0.4, -0.2) is 17.0 Å². The number of hydrogen-bond donors (Lipinski definition) is 1. The SMILES string of the molecule is CC(C)[C@@H](C)CC[C@@H](C)[C@H]1CC[C@H]2[C@H]3CC[C@@H]4CC(=O)CC(O)[C@]4(C)[C@H]3CC[C@]12C. The number of carbonyl (C=O) groups excluding carboxylic acids is 1. The zero-order valence-electron chi connectivity index (χ0n) is 20.6. The predicted octanol–water partition coefficient (Wildman–Crippen LogP) is 6.89. The molecular formula is C28H48O2. The minimum Gasteiger partial charge on any atom is -0.392 e. The van der Waals surface area contributed by atoms with E-state index in [0.29, 0.717) is 29.5 Å².